The zero-order valence-corrected chi connectivity index (χ0v) is 11.2. The molecule has 0 radical (unpaired) electrons. The maximum atomic E-state index is 4.33. The van der Waals surface area contributed by atoms with Crippen LogP contribution in [0.25, 0.3) is 0 Å². The Morgan fingerprint density at radius 1 is 1.32 bits per heavy atom. The van der Waals surface area contributed by atoms with Crippen molar-refractivity contribution in [1.29, 1.82) is 0 Å². The van der Waals surface area contributed by atoms with E-state index in [4.69, 9.17) is 0 Å². The summed E-state index contributed by atoms with van der Waals surface area (Å²) < 4.78 is 0. The Kier molecular flexibility index (Phi) is 5.34. The molecule has 0 saturated heterocycles. The number of allylic oxidation sites excluding steroid dienone is 1. The van der Waals surface area contributed by atoms with Crippen molar-refractivity contribution in [3.8, 4) is 0 Å². The smallest absolute Gasteiger partial charge is 0.244 e. The molecule has 0 bridgehead atoms. The van der Waals surface area contributed by atoms with Gasteiger partial charge < -0.3 is 10.6 Å². The number of nitrogens with one attached hydrogen (secondary N) is 2. The Labute approximate surface area is 114 Å². The van der Waals surface area contributed by atoms with Gasteiger partial charge >= 0.3 is 0 Å². The van der Waals surface area contributed by atoms with Crippen molar-refractivity contribution in [1.82, 2.24) is 15.2 Å². The van der Waals surface area contributed by atoms with E-state index in [-0.39, 0.29) is 0 Å². The van der Waals surface area contributed by atoms with Gasteiger partial charge in [0.15, 0.2) is 5.82 Å². The molecule has 5 nitrogen and oxygen atoms in total. The van der Waals surface area contributed by atoms with Crippen LogP contribution in [0.4, 0.5) is 11.8 Å². The molecule has 0 atom stereocenters. The third-order valence-electron chi connectivity index (χ3n) is 3.10. The van der Waals surface area contributed by atoms with Gasteiger partial charge in [-0.25, -0.2) is 0 Å². The molecular formula is C14H21N5. The van der Waals surface area contributed by atoms with Crippen LogP contribution in [-0.4, -0.2) is 28.3 Å². The first-order chi connectivity index (χ1) is 9.38. The number of hydrogen-bond acceptors (Lipinski definition) is 5. The van der Waals surface area contributed by atoms with Crippen LogP contribution in [0.2, 0.25) is 0 Å². The van der Waals surface area contributed by atoms with Gasteiger partial charge in [-0.1, -0.05) is 17.7 Å². The lowest BCUT2D eigenvalue weighted by atomic mass is 9.97. The van der Waals surface area contributed by atoms with Crippen molar-refractivity contribution in [3.63, 3.8) is 0 Å². The second kappa shape index (κ2) is 7.51. The Balaban J connectivity index is 1.78. The van der Waals surface area contributed by atoms with Gasteiger partial charge in [0.1, 0.15) is 0 Å². The molecule has 19 heavy (non-hydrogen) atoms. The molecule has 0 unspecified atom stereocenters. The SMILES string of the molecule is C=CCNc1nncc(NCCC2=CCCCC2)n1. The van der Waals surface area contributed by atoms with E-state index in [0.717, 1.165) is 18.8 Å². The molecule has 1 aromatic rings. The van der Waals surface area contributed by atoms with E-state index in [1.165, 1.54) is 25.7 Å². The second-order valence-electron chi connectivity index (χ2n) is 4.62. The molecule has 0 amide bonds. The molecule has 1 aliphatic carbocycles. The van der Waals surface area contributed by atoms with E-state index in [1.807, 2.05) is 0 Å². The fourth-order valence-electron chi connectivity index (χ4n) is 2.11. The topological polar surface area (TPSA) is 62.7 Å². The van der Waals surface area contributed by atoms with Crippen LogP contribution < -0.4 is 10.6 Å². The first kappa shape index (κ1) is 13.5. The summed E-state index contributed by atoms with van der Waals surface area (Å²) in [5, 5.41) is 14.1. The number of rotatable bonds is 7. The van der Waals surface area contributed by atoms with Crippen LogP contribution in [0.5, 0.6) is 0 Å². The summed E-state index contributed by atoms with van der Waals surface area (Å²) in [4.78, 5) is 4.33. The lowest BCUT2D eigenvalue weighted by Gasteiger charge is -2.13. The molecule has 1 heterocycles. The number of nitrogens with zero attached hydrogens (tertiary/aromatic N) is 3. The molecule has 102 valence electrons. The highest BCUT2D eigenvalue weighted by Gasteiger charge is 2.04. The fourth-order valence-corrected chi connectivity index (χ4v) is 2.11. The average Bonchev–Trinajstić information content (AvgIpc) is 2.47. The summed E-state index contributed by atoms with van der Waals surface area (Å²) in [6.45, 7) is 5.17. The molecule has 0 aromatic carbocycles. The summed E-state index contributed by atoms with van der Waals surface area (Å²) >= 11 is 0. The van der Waals surface area contributed by atoms with Crippen LogP contribution >= 0.6 is 0 Å². The van der Waals surface area contributed by atoms with Crippen molar-refractivity contribution in [2.75, 3.05) is 23.7 Å². The zero-order valence-electron chi connectivity index (χ0n) is 11.2. The van der Waals surface area contributed by atoms with Crippen LogP contribution in [-0.2, 0) is 0 Å². The average molecular weight is 259 g/mol. The van der Waals surface area contributed by atoms with Crippen LogP contribution in [0.3, 0.4) is 0 Å². The van der Waals surface area contributed by atoms with E-state index in [2.05, 4.69) is 38.5 Å². The molecule has 5 heteroatoms. The molecule has 2 rings (SSSR count). The summed E-state index contributed by atoms with van der Waals surface area (Å²) in [6.07, 6.45) is 12.0. The Bertz CT molecular complexity index is 441. The first-order valence-electron chi connectivity index (χ1n) is 6.85. The molecule has 1 aliphatic rings. The minimum atomic E-state index is 0.529. The van der Waals surface area contributed by atoms with Crippen LogP contribution in [0.1, 0.15) is 32.1 Å². The first-order valence-corrected chi connectivity index (χ1v) is 6.85. The van der Waals surface area contributed by atoms with Gasteiger partial charge in [0.2, 0.25) is 5.95 Å². The van der Waals surface area contributed by atoms with Gasteiger partial charge in [0.25, 0.3) is 0 Å². The summed E-state index contributed by atoms with van der Waals surface area (Å²) in [5.41, 5.74) is 1.56. The van der Waals surface area contributed by atoms with Gasteiger partial charge in [0.05, 0.1) is 6.20 Å². The van der Waals surface area contributed by atoms with Gasteiger partial charge in [-0.05, 0) is 32.1 Å². The number of anilines is 2. The largest absolute Gasteiger partial charge is 0.368 e. The third-order valence-corrected chi connectivity index (χ3v) is 3.10. The third kappa shape index (κ3) is 4.69. The fraction of sp³-hybridized carbons (Fsp3) is 0.500. The van der Waals surface area contributed by atoms with E-state index < -0.39 is 0 Å². The predicted molar refractivity (Wildman–Crippen MR) is 78.2 cm³/mol. The number of hydrogen-bond donors (Lipinski definition) is 2. The normalized spacial score (nSPS) is 14.6. The van der Waals surface area contributed by atoms with Crippen LogP contribution in [0.15, 0.2) is 30.5 Å². The Morgan fingerprint density at radius 3 is 3.05 bits per heavy atom. The van der Waals surface area contributed by atoms with Crippen molar-refractivity contribution < 1.29 is 0 Å². The minimum absolute atomic E-state index is 0.529. The van der Waals surface area contributed by atoms with Crippen molar-refractivity contribution in [2.24, 2.45) is 0 Å². The summed E-state index contributed by atoms with van der Waals surface area (Å²) in [7, 11) is 0. The highest BCUT2D eigenvalue weighted by Crippen LogP contribution is 2.19. The quantitative estimate of drug-likeness (QED) is 0.737. The number of aromatic nitrogens is 3. The molecule has 0 saturated carbocycles. The Morgan fingerprint density at radius 2 is 2.26 bits per heavy atom. The van der Waals surface area contributed by atoms with Crippen LogP contribution in [0, 0.1) is 0 Å². The maximum absolute atomic E-state index is 4.33. The van der Waals surface area contributed by atoms with Crippen molar-refractivity contribution >= 4 is 11.8 Å². The van der Waals surface area contributed by atoms with Crippen molar-refractivity contribution in [2.45, 2.75) is 32.1 Å². The van der Waals surface area contributed by atoms with Gasteiger partial charge in [-0.15, -0.1) is 11.7 Å². The lowest BCUT2D eigenvalue weighted by Crippen LogP contribution is -2.09. The zero-order chi connectivity index (χ0) is 13.3. The standard InChI is InChI=1S/C14H21N5/c1-2-9-16-14-18-13(11-17-19-14)15-10-8-12-6-4-3-5-7-12/h2,6,11H,1,3-5,7-10H2,(H2,15,16,18,19). The summed E-state index contributed by atoms with van der Waals surface area (Å²) in [6, 6.07) is 0. The van der Waals surface area contributed by atoms with Crippen molar-refractivity contribution in [3.05, 3.63) is 30.5 Å². The minimum Gasteiger partial charge on any atom is -0.368 e. The summed E-state index contributed by atoms with van der Waals surface area (Å²) in [5.74, 6) is 1.29. The molecule has 0 fully saturated rings. The molecular weight excluding hydrogens is 238 g/mol. The molecule has 0 spiro atoms. The molecule has 0 aliphatic heterocycles. The van der Waals surface area contributed by atoms with E-state index in [0.29, 0.717) is 12.5 Å². The van der Waals surface area contributed by atoms with E-state index in [1.54, 1.807) is 17.8 Å². The highest BCUT2D eigenvalue weighted by atomic mass is 15.3. The van der Waals surface area contributed by atoms with Gasteiger partial charge in [-0.2, -0.15) is 10.1 Å². The van der Waals surface area contributed by atoms with E-state index in [9.17, 15) is 0 Å². The monoisotopic (exact) mass is 259 g/mol. The Hall–Kier alpha value is -1.91. The lowest BCUT2D eigenvalue weighted by molar-refractivity contribution is 0.679. The molecule has 2 N–H and O–H groups in total. The van der Waals surface area contributed by atoms with Gasteiger partial charge in [-0.3, -0.25) is 0 Å². The van der Waals surface area contributed by atoms with E-state index >= 15 is 0 Å². The molecule has 1 aromatic heterocycles. The highest BCUT2D eigenvalue weighted by molar-refractivity contribution is 5.37. The maximum Gasteiger partial charge on any atom is 0.244 e. The van der Waals surface area contributed by atoms with Gasteiger partial charge in [0, 0.05) is 13.1 Å². The second-order valence-corrected chi connectivity index (χ2v) is 4.62. The predicted octanol–water partition coefficient (Wildman–Crippen LogP) is 2.77.